The molecule has 0 saturated heterocycles. The van der Waals surface area contributed by atoms with E-state index >= 15 is 0 Å². The minimum Gasteiger partial charge on any atom is -0.506 e. The fourth-order valence-electron chi connectivity index (χ4n) is 3.84. The van der Waals surface area contributed by atoms with Crippen molar-refractivity contribution in [3.8, 4) is 17.2 Å². The summed E-state index contributed by atoms with van der Waals surface area (Å²) in [6.45, 7) is 0.506. The standard InChI is InChI=1S/C26H30N2O5/c1-32-21-8-3-18(4-9-21)23(19-5-10-22(33-2)11-6-19)13-14-27-25(16-29)20-7-12-26(31)24(15-20)28-17-30/h3-12,15,17,23,25,27,29,31H,13-14,16H2,1-2H3,(H,28,30). The highest BCUT2D eigenvalue weighted by atomic mass is 16.5. The average Bonchev–Trinajstić information content (AvgIpc) is 2.86. The van der Waals surface area contributed by atoms with Crippen molar-refractivity contribution < 1.29 is 24.5 Å². The van der Waals surface area contributed by atoms with Crippen LogP contribution in [0.15, 0.2) is 66.7 Å². The highest BCUT2D eigenvalue weighted by Crippen LogP contribution is 2.31. The normalized spacial score (nSPS) is 11.8. The summed E-state index contributed by atoms with van der Waals surface area (Å²) in [5.74, 6) is 1.71. The number of phenols is 1. The number of aromatic hydroxyl groups is 1. The van der Waals surface area contributed by atoms with Crippen molar-refractivity contribution in [1.82, 2.24) is 5.32 Å². The Labute approximate surface area is 194 Å². The van der Waals surface area contributed by atoms with E-state index < -0.39 is 0 Å². The van der Waals surface area contributed by atoms with Crippen molar-refractivity contribution in [3.63, 3.8) is 0 Å². The zero-order valence-electron chi connectivity index (χ0n) is 18.8. The van der Waals surface area contributed by atoms with E-state index in [4.69, 9.17) is 9.47 Å². The number of hydrogen-bond acceptors (Lipinski definition) is 6. The molecule has 0 saturated carbocycles. The van der Waals surface area contributed by atoms with Crippen LogP contribution in [0.3, 0.4) is 0 Å². The van der Waals surface area contributed by atoms with Crippen LogP contribution < -0.4 is 20.1 Å². The summed E-state index contributed by atoms with van der Waals surface area (Å²) in [5.41, 5.74) is 3.39. The van der Waals surface area contributed by atoms with Gasteiger partial charge in [0.1, 0.15) is 17.2 Å². The quantitative estimate of drug-likeness (QED) is 0.247. The predicted octanol–water partition coefficient (Wildman–Crippen LogP) is 3.82. The Bertz CT molecular complexity index is 974. The number of nitrogens with one attached hydrogen (secondary N) is 2. The van der Waals surface area contributed by atoms with Gasteiger partial charge in [-0.15, -0.1) is 0 Å². The topological polar surface area (TPSA) is 100 Å². The van der Waals surface area contributed by atoms with Gasteiger partial charge in [0.15, 0.2) is 0 Å². The van der Waals surface area contributed by atoms with E-state index in [-0.39, 0.29) is 24.3 Å². The van der Waals surface area contributed by atoms with Crippen LogP contribution in [0.2, 0.25) is 0 Å². The van der Waals surface area contributed by atoms with Gasteiger partial charge in [-0.05, 0) is 66.1 Å². The maximum absolute atomic E-state index is 10.8. The van der Waals surface area contributed by atoms with Crippen LogP contribution in [0, 0.1) is 0 Å². The number of anilines is 1. The molecule has 0 radical (unpaired) electrons. The van der Waals surface area contributed by atoms with E-state index in [2.05, 4.69) is 34.9 Å². The second kappa shape index (κ2) is 11.9. The lowest BCUT2D eigenvalue weighted by Gasteiger charge is -2.22. The molecule has 3 aromatic rings. The first-order chi connectivity index (χ1) is 16.1. The fourth-order valence-corrected chi connectivity index (χ4v) is 3.84. The Morgan fingerprint density at radius 3 is 1.91 bits per heavy atom. The highest BCUT2D eigenvalue weighted by Gasteiger charge is 2.17. The van der Waals surface area contributed by atoms with Gasteiger partial charge in [-0.25, -0.2) is 0 Å². The Kier molecular flexibility index (Phi) is 8.69. The molecule has 0 aliphatic rings. The van der Waals surface area contributed by atoms with Gasteiger partial charge < -0.3 is 30.3 Å². The van der Waals surface area contributed by atoms with Crippen molar-refractivity contribution in [1.29, 1.82) is 0 Å². The number of ether oxygens (including phenoxy) is 2. The molecule has 0 bridgehead atoms. The second-order valence-corrected chi connectivity index (χ2v) is 7.62. The fraction of sp³-hybridized carbons (Fsp3) is 0.269. The molecule has 0 aliphatic heterocycles. The molecule has 7 nitrogen and oxygen atoms in total. The molecule has 1 amide bonds. The zero-order chi connectivity index (χ0) is 23.6. The van der Waals surface area contributed by atoms with Gasteiger partial charge in [-0.3, -0.25) is 4.79 Å². The summed E-state index contributed by atoms with van der Waals surface area (Å²) in [7, 11) is 3.29. The van der Waals surface area contributed by atoms with Crippen LogP contribution in [0.5, 0.6) is 17.2 Å². The largest absolute Gasteiger partial charge is 0.506 e. The van der Waals surface area contributed by atoms with Crippen molar-refractivity contribution in [2.45, 2.75) is 18.4 Å². The number of hydrogen-bond donors (Lipinski definition) is 4. The molecule has 3 rings (SSSR count). The summed E-state index contributed by atoms with van der Waals surface area (Å²) < 4.78 is 10.6. The summed E-state index contributed by atoms with van der Waals surface area (Å²) in [6, 6.07) is 20.6. The van der Waals surface area contributed by atoms with Crippen molar-refractivity contribution in [2.24, 2.45) is 0 Å². The molecule has 0 fully saturated rings. The Morgan fingerprint density at radius 2 is 1.42 bits per heavy atom. The summed E-state index contributed by atoms with van der Waals surface area (Å²) >= 11 is 0. The van der Waals surface area contributed by atoms with Gasteiger partial charge in [0.2, 0.25) is 6.41 Å². The molecule has 0 heterocycles. The zero-order valence-corrected chi connectivity index (χ0v) is 18.8. The van der Waals surface area contributed by atoms with Crippen LogP contribution in [0.25, 0.3) is 0 Å². The lowest BCUT2D eigenvalue weighted by molar-refractivity contribution is -0.105. The van der Waals surface area contributed by atoms with Crippen molar-refractivity contribution in [3.05, 3.63) is 83.4 Å². The van der Waals surface area contributed by atoms with Crippen LogP contribution in [0.4, 0.5) is 5.69 Å². The lowest BCUT2D eigenvalue weighted by atomic mass is 9.88. The molecule has 3 aromatic carbocycles. The van der Waals surface area contributed by atoms with Crippen LogP contribution in [-0.2, 0) is 4.79 Å². The molecule has 0 spiro atoms. The minimum absolute atomic E-state index is 0.0263. The number of benzene rings is 3. The smallest absolute Gasteiger partial charge is 0.211 e. The van der Waals surface area contributed by atoms with Crippen LogP contribution in [-0.4, -0.2) is 44.0 Å². The molecule has 4 N–H and O–H groups in total. The SMILES string of the molecule is COc1ccc(C(CCNC(CO)c2ccc(O)c(NC=O)c2)c2ccc(OC)cc2)cc1. The van der Waals surface area contributed by atoms with E-state index in [1.807, 2.05) is 24.3 Å². The van der Waals surface area contributed by atoms with Gasteiger partial charge in [0.25, 0.3) is 0 Å². The maximum atomic E-state index is 10.8. The predicted molar refractivity (Wildman–Crippen MR) is 128 cm³/mol. The third kappa shape index (κ3) is 6.25. The van der Waals surface area contributed by atoms with Crippen molar-refractivity contribution >= 4 is 12.1 Å². The first-order valence-corrected chi connectivity index (χ1v) is 10.7. The van der Waals surface area contributed by atoms with Gasteiger partial charge >= 0.3 is 0 Å². The molecule has 33 heavy (non-hydrogen) atoms. The highest BCUT2D eigenvalue weighted by molar-refractivity contribution is 5.75. The Morgan fingerprint density at radius 1 is 0.879 bits per heavy atom. The summed E-state index contributed by atoms with van der Waals surface area (Å²) in [4.78, 5) is 10.8. The monoisotopic (exact) mass is 450 g/mol. The number of rotatable bonds is 12. The molecule has 174 valence electrons. The number of aliphatic hydroxyl groups excluding tert-OH is 1. The van der Waals surface area contributed by atoms with E-state index in [0.717, 1.165) is 34.6 Å². The molecule has 7 heteroatoms. The molecule has 1 atom stereocenters. The summed E-state index contributed by atoms with van der Waals surface area (Å²) in [6.07, 6.45) is 1.29. The number of aliphatic hydroxyl groups is 1. The average molecular weight is 451 g/mol. The third-order valence-corrected chi connectivity index (χ3v) is 5.68. The number of carbonyl (C=O) groups is 1. The number of amides is 1. The first kappa shape index (κ1) is 24.1. The minimum atomic E-state index is -0.342. The van der Waals surface area contributed by atoms with E-state index in [1.165, 1.54) is 6.07 Å². The third-order valence-electron chi connectivity index (χ3n) is 5.68. The van der Waals surface area contributed by atoms with Gasteiger partial charge in [-0.1, -0.05) is 30.3 Å². The van der Waals surface area contributed by atoms with E-state index in [9.17, 15) is 15.0 Å². The summed E-state index contributed by atoms with van der Waals surface area (Å²) in [5, 5.41) is 25.7. The number of carbonyl (C=O) groups excluding carboxylic acids is 1. The van der Waals surface area contributed by atoms with E-state index in [0.29, 0.717) is 18.6 Å². The number of phenolic OH excluding ortho intramolecular Hbond substituents is 1. The number of methoxy groups -OCH3 is 2. The second-order valence-electron chi connectivity index (χ2n) is 7.62. The van der Waals surface area contributed by atoms with Gasteiger partial charge in [0, 0.05) is 5.92 Å². The molecule has 0 aromatic heterocycles. The Hall–Kier alpha value is -3.55. The Balaban J connectivity index is 1.76. The van der Waals surface area contributed by atoms with Gasteiger partial charge in [0.05, 0.1) is 32.6 Å². The molecular formula is C26H30N2O5. The van der Waals surface area contributed by atoms with Crippen molar-refractivity contribution in [2.75, 3.05) is 32.7 Å². The van der Waals surface area contributed by atoms with Crippen LogP contribution >= 0.6 is 0 Å². The maximum Gasteiger partial charge on any atom is 0.211 e. The van der Waals surface area contributed by atoms with E-state index in [1.54, 1.807) is 26.4 Å². The molecule has 0 aliphatic carbocycles. The van der Waals surface area contributed by atoms with Gasteiger partial charge in [-0.2, -0.15) is 0 Å². The molecule has 1 unspecified atom stereocenters. The lowest BCUT2D eigenvalue weighted by Crippen LogP contribution is -2.26. The van der Waals surface area contributed by atoms with Crippen LogP contribution in [0.1, 0.15) is 35.1 Å². The first-order valence-electron chi connectivity index (χ1n) is 10.7. The molecular weight excluding hydrogens is 420 g/mol.